The second kappa shape index (κ2) is 8.47. The normalized spacial score (nSPS) is 18.1. The van der Waals surface area contributed by atoms with Gasteiger partial charge in [0.1, 0.15) is 23.3 Å². The van der Waals surface area contributed by atoms with E-state index in [0.29, 0.717) is 32.2 Å². The van der Waals surface area contributed by atoms with Crippen LogP contribution < -0.4 is 10.2 Å². The van der Waals surface area contributed by atoms with Crippen LogP contribution in [0.3, 0.4) is 0 Å². The van der Waals surface area contributed by atoms with Gasteiger partial charge in [-0.05, 0) is 72.9 Å². The molecule has 32 heavy (non-hydrogen) atoms. The lowest BCUT2D eigenvalue weighted by atomic mass is 10.0. The van der Waals surface area contributed by atoms with E-state index in [0.717, 1.165) is 11.4 Å². The first-order valence-corrected chi connectivity index (χ1v) is 11.0. The Morgan fingerprint density at radius 1 is 0.969 bits per heavy atom. The fourth-order valence-corrected chi connectivity index (χ4v) is 4.63. The summed E-state index contributed by atoms with van der Waals surface area (Å²) in [6, 6.07) is 21.3. The van der Waals surface area contributed by atoms with Gasteiger partial charge in [0.05, 0.1) is 21.8 Å². The molecule has 0 bridgehead atoms. The van der Waals surface area contributed by atoms with Crippen LogP contribution in [0.5, 0.6) is 5.75 Å². The van der Waals surface area contributed by atoms with Crippen LogP contribution in [0, 0.1) is 0 Å². The predicted molar refractivity (Wildman–Crippen MR) is 130 cm³/mol. The van der Waals surface area contributed by atoms with Gasteiger partial charge in [-0.2, -0.15) is 0 Å². The number of rotatable bonds is 4. The van der Waals surface area contributed by atoms with E-state index in [4.69, 9.17) is 39.8 Å². The topological polar surface area (TPSA) is 61.5 Å². The Hall–Kier alpha value is -3.06. The summed E-state index contributed by atoms with van der Waals surface area (Å²) in [7, 11) is 0. The zero-order valence-electron chi connectivity index (χ0n) is 16.6. The predicted octanol–water partition coefficient (Wildman–Crippen LogP) is 6.53. The number of aromatic nitrogens is 1. The van der Waals surface area contributed by atoms with E-state index in [1.165, 1.54) is 0 Å². The molecule has 2 aromatic heterocycles. The van der Waals surface area contributed by atoms with Crippen molar-refractivity contribution < 1.29 is 9.52 Å². The Balaban J connectivity index is 1.61. The van der Waals surface area contributed by atoms with Crippen molar-refractivity contribution in [3.8, 4) is 17.1 Å². The Morgan fingerprint density at radius 3 is 2.53 bits per heavy atom. The summed E-state index contributed by atoms with van der Waals surface area (Å²) in [6.45, 7) is 0. The number of halogens is 2. The first kappa shape index (κ1) is 20.8. The number of phenols is 1. The molecule has 5 rings (SSSR count). The van der Waals surface area contributed by atoms with Crippen LogP contribution in [0.2, 0.25) is 10.0 Å². The number of nitrogens with zero attached hydrogens (tertiary/aromatic N) is 2. The maximum Gasteiger partial charge on any atom is 0.174 e. The van der Waals surface area contributed by atoms with E-state index >= 15 is 0 Å². The van der Waals surface area contributed by atoms with E-state index in [-0.39, 0.29) is 17.8 Å². The molecule has 8 heteroatoms. The Morgan fingerprint density at radius 2 is 1.78 bits per heavy atom. The number of hydrogen-bond donors (Lipinski definition) is 2. The van der Waals surface area contributed by atoms with Crippen molar-refractivity contribution in [2.24, 2.45) is 0 Å². The molecule has 0 saturated carbocycles. The monoisotopic (exact) mass is 481 g/mol. The molecular weight excluding hydrogens is 465 g/mol. The molecule has 1 fully saturated rings. The average Bonchev–Trinajstić information content (AvgIpc) is 3.41. The van der Waals surface area contributed by atoms with Crippen molar-refractivity contribution in [2.75, 3.05) is 4.90 Å². The number of furan rings is 1. The van der Waals surface area contributed by atoms with Gasteiger partial charge in [-0.15, -0.1) is 0 Å². The molecule has 2 N–H and O–H groups in total. The summed E-state index contributed by atoms with van der Waals surface area (Å²) in [6.07, 6.45) is 1.75. The summed E-state index contributed by atoms with van der Waals surface area (Å²) in [5.41, 5.74) is 2.37. The summed E-state index contributed by atoms with van der Waals surface area (Å²) < 4.78 is 6.30. The van der Waals surface area contributed by atoms with Crippen LogP contribution in [-0.2, 0) is 0 Å². The highest BCUT2D eigenvalue weighted by Gasteiger charge is 2.42. The van der Waals surface area contributed by atoms with Crippen LogP contribution in [0.25, 0.3) is 11.3 Å². The molecule has 1 saturated heterocycles. The third kappa shape index (κ3) is 3.71. The molecule has 160 valence electrons. The minimum atomic E-state index is -0.311. The van der Waals surface area contributed by atoms with Gasteiger partial charge in [-0.1, -0.05) is 35.3 Å². The highest BCUT2D eigenvalue weighted by molar-refractivity contribution is 7.80. The Bertz CT molecular complexity index is 1280. The molecule has 0 aliphatic carbocycles. The molecule has 5 nitrogen and oxygen atoms in total. The molecule has 2 aromatic carbocycles. The highest BCUT2D eigenvalue weighted by atomic mass is 35.5. The van der Waals surface area contributed by atoms with Crippen LogP contribution in [0.4, 0.5) is 5.69 Å². The van der Waals surface area contributed by atoms with E-state index in [1.54, 1.807) is 24.4 Å². The number of phenolic OH excluding ortho intramolecular Hbond substituents is 1. The van der Waals surface area contributed by atoms with E-state index in [1.807, 2.05) is 59.5 Å². The fraction of sp³-hybridized carbons (Fsp3) is 0.0833. The van der Waals surface area contributed by atoms with Crippen molar-refractivity contribution in [1.29, 1.82) is 0 Å². The van der Waals surface area contributed by atoms with E-state index in [9.17, 15) is 5.11 Å². The molecule has 0 amide bonds. The average molecular weight is 482 g/mol. The summed E-state index contributed by atoms with van der Waals surface area (Å²) in [5.74, 6) is 1.48. The minimum Gasteiger partial charge on any atom is -0.508 e. The minimum absolute atomic E-state index is 0.181. The maximum absolute atomic E-state index is 9.74. The van der Waals surface area contributed by atoms with Crippen molar-refractivity contribution in [3.63, 3.8) is 0 Å². The van der Waals surface area contributed by atoms with Crippen molar-refractivity contribution >= 4 is 46.2 Å². The first-order chi connectivity index (χ1) is 15.5. The summed E-state index contributed by atoms with van der Waals surface area (Å²) >= 11 is 18.3. The third-order valence-corrected chi connectivity index (χ3v) is 6.49. The smallest absolute Gasteiger partial charge is 0.174 e. The number of aromatic hydroxyl groups is 1. The third-order valence-electron chi connectivity index (χ3n) is 5.36. The van der Waals surface area contributed by atoms with Crippen LogP contribution in [-0.4, -0.2) is 15.2 Å². The summed E-state index contributed by atoms with van der Waals surface area (Å²) in [5, 5.41) is 14.5. The molecule has 2 atom stereocenters. The number of pyridine rings is 1. The molecule has 0 spiro atoms. The van der Waals surface area contributed by atoms with Crippen LogP contribution in [0.1, 0.15) is 23.5 Å². The number of anilines is 1. The van der Waals surface area contributed by atoms with Crippen molar-refractivity contribution in [3.05, 3.63) is 100 Å². The molecule has 0 unspecified atom stereocenters. The standard InChI is InChI=1S/C24H17Cl2N3O2S/c25-17-5-3-4-16(21(17)26)19-11-12-20(31-19)23-22(18-6-1-2-13-27-18)28-24(32)29(23)14-7-9-15(30)10-8-14/h1-13,22-23,30H,(H,28,32)/t22-,23-/m0/s1. The van der Waals surface area contributed by atoms with Crippen LogP contribution in [0.15, 0.2) is 83.4 Å². The molecule has 1 aliphatic rings. The second-order valence-corrected chi connectivity index (χ2v) is 8.49. The van der Waals surface area contributed by atoms with E-state index in [2.05, 4.69) is 10.3 Å². The molecule has 3 heterocycles. The number of hydrogen-bond acceptors (Lipinski definition) is 4. The quantitative estimate of drug-likeness (QED) is 0.323. The lowest BCUT2D eigenvalue weighted by molar-refractivity contribution is 0.439. The van der Waals surface area contributed by atoms with Crippen molar-refractivity contribution in [1.82, 2.24) is 10.3 Å². The second-order valence-electron chi connectivity index (χ2n) is 7.32. The number of thiocarbonyl (C=S) groups is 1. The SMILES string of the molecule is Oc1ccc(N2C(=S)N[C@@H](c3ccccn3)[C@@H]2c2ccc(-c3cccc(Cl)c3Cl)o2)cc1. The van der Waals surface area contributed by atoms with Gasteiger partial charge >= 0.3 is 0 Å². The van der Waals surface area contributed by atoms with Gasteiger partial charge in [0.25, 0.3) is 0 Å². The molecule has 0 radical (unpaired) electrons. The number of benzene rings is 2. The lowest BCUT2D eigenvalue weighted by Gasteiger charge is -2.26. The van der Waals surface area contributed by atoms with E-state index < -0.39 is 0 Å². The van der Waals surface area contributed by atoms with Gasteiger partial charge in [-0.3, -0.25) is 4.98 Å². The van der Waals surface area contributed by atoms with Crippen molar-refractivity contribution in [2.45, 2.75) is 12.1 Å². The zero-order valence-corrected chi connectivity index (χ0v) is 18.9. The first-order valence-electron chi connectivity index (χ1n) is 9.87. The van der Waals surface area contributed by atoms with Gasteiger partial charge in [0.15, 0.2) is 5.11 Å². The highest BCUT2D eigenvalue weighted by Crippen LogP contribution is 2.44. The van der Waals surface area contributed by atoms with Gasteiger partial charge < -0.3 is 19.7 Å². The lowest BCUT2D eigenvalue weighted by Crippen LogP contribution is -2.29. The van der Waals surface area contributed by atoms with Gasteiger partial charge in [-0.25, -0.2) is 0 Å². The van der Waals surface area contributed by atoms with Gasteiger partial charge in [0, 0.05) is 17.4 Å². The molecule has 1 aliphatic heterocycles. The van der Waals surface area contributed by atoms with Crippen LogP contribution >= 0.6 is 35.4 Å². The van der Waals surface area contributed by atoms with Gasteiger partial charge in [0.2, 0.25) is 0 Å². The molecule has 4 aromatic rings. The fourth-order valence-electron chi connectivity index (χ4n) is 3.89. The zero-order chi connectivity index (χ0) is 22.2. The maximum atomic E-state index is 9.74. The Labute approximate surface area is 200 Å². The number of nitrogens with one attached hydrogen (secondary N) is 1. The Kier molecular flexibility index (Phi) is 5.51. The largest absolute Gasteiger partial charge is 0.508 e. The molecular formula is C24H17Cl2N3O2S. The summed E-state index contributed by atoms with van der Waals surface area (Å²) in [4.78, 5) is 6.50.